The Balaban J connectivity index is 1.81. The normalized spacial score (nSPS) is 27.3. The summed E-state index contributed by atoms with van der Waals surface area (Å²) in [5, 5.41) is 0. The Bertz CT molecular complexity index is 673. The van der Waals surface area contributed by atoms with Gasteiger partial charge in [0.2, 0.25) is 0 Å². The van der Waals surface area contributed by atoms with Crippen molar-refractivity contribution >= 4 is 11.9 Å². The van der Waals surface area contributed by atoms with Crippen LogP contribution in [0.3, 0.4) is 0 Å². The van der Waals surface area contributed by atoms with Gasteiger partial charge in [0.15, 0.2) is 0 Å². The minimum Gasteiger partial charge on any atom is -0.465 e. The summed E-state index contributed by atoms with van der Waals surface area (Å²) >= 11 is 0. The number of pyridine rings is 1. The Kier molecular flexibility index (Phi) is 4.11. The van der Waals surface area contributed by atoms with E-state index in [-0.39, 0.29) is 22.3 Å². The summed E-state index contributed by atoms with van der Waals surface area (Å²) in [6, 6.07) is 1.55. The SMILES string of the molecule is COC[C@@]12CN(C(=O)c3cncc(C(=O)OC)c3)C[C@@H]1C(C)(C)C2. The molecule has 0 aromatic carbocycles. The van der Waals surface area contributed by atoms with E-state index < -0.39 is 5.97 Å². The fourth-order valence-electron chi connectivity index (χ4n) is 4.73. The average molecular weight is 332 g/mol. The van der Waals surface area contributed by atoms with Crippen molar-refractivity contribution in [2.75, 3.05) is 33.9 Å². The van der Waals surface area contributed by atoms with E-state index in [1.807, 2.05) is 4.90 Å². The van der Waals surface area contributed by atoms with Crippen molar-refractivity contribution in [3.05, 3.63) is 29.6 Å². The summed E-state index contributed by atoms with van der Waals surface area (Å²) in [7, 11) is 3.02. The predicted octanol–water partition coefficient (Wildman–Crippen LogP) is 2.00. The van der Waals surface area contributed by atoms with Gasteiger partial charge in [0.1, 0.15) is 0 Å². The molecule has 24 heavy (non-hydrogen) atoms. The summed E-state index contributed by atoms with van der Waals surface area (Å²) in [5.41, 5.74) is 0.989. The molecule has 1 amide bonds. The number of rotatable bonds is 4. The van der Waals surface area contributed by atoms with Gasteiger partial charge in [-0.1, -0.05) is 13.8 Å². The molecule has 3 rings (SSSR count). The molecular formula is C18H24N2O4. The van der Waals surface area contributed by atoms with Gasteiger partial charge >= 0.3 is 5.97 Å². The molecule has 1 saturated heterocycles. The summed E-state index contributed by atoms with van der Waals surface area (Å²) in [5.74, 6) is -0.143. The number of hydrogen-bond acceptors (Lipinski definition) is 5. The highest BCUT2D eigenvalue weighted by atomic mass is 16.5. The van der Waals surface area contributed by atoms with Crippen molar-refractivity contribution in [2.24, 2.45) is 16.7 Å². The van der Waals surface area contributed by atoms with Gasteiger partial charge in [0, 0.05) is 38.0 Å². The molecule has 2 aliphatic rings. The zero-order valence-corrected chi connectivity index (χ0v) is 14.7. The van der Waals surface area contributed by atoms with E-state index >= 15 is 0 Å². The molecule has 1 aliphatic heterocycles. The summed E-state index contributed by atoms with van der Waals surface area (Å²) < 4.78 is 10.1. The van der Waals surface area contributed by atoms with Crippen molar-refractivity contribution in [1.82, 2.24) is 9.88 Å². The van der Waals surface area contributed by atoms with Crippen LogP contribution in [-0.4, -0.2) is 55.7 Å². The Hall–Kier alpha value is -1.95. The second kappa shape index (κ2) is 5.84. The van der Waals surface area contributed by atoms with Gasteiger partial charge in [0.25, 0.3) is 5.91 Å². The second-order valence-electron chi connectivity index (χ2n) is 7.65. The number of ether oxygens (including phenoxy) is 2. The highest BCUT2D eigenvalue weighted by Gasteiger charge is 2.63. The zero-order chi connectivity index (χ0) is 17.5. The lowest BCUT2D eigenvalue weighted by Gasteiger charge is -2.56. The van der Waals surface area contributed by atoms with E-state index in [0.29, 0.717) is 24.6 Å². The van der Waals surface area contributed by atoms with Crippen molar-refractivity contribution in [3.8, 4) is 0 Å². The first kappa shape index (κ1) is 16.9. The van der Waals surface area contributed by atoms with Crippen molar-refractivity contribution < 1.29 is 19.1 Å². The van der Waals surface area contributed by atoms with Crippen LogP contribution in [0.5, 0.6) is 0 Å². The van der Waals surface area contributed by atoms with Crippen molar-refractivity contribution in [1.29, 1.82) is 0 Å². The third-order valence-corrected chi connectivity index (χ3v) is 5.52. The van der Waals surface area contributed by atoms with Crippen LogP contribution in [0.2, 0.25) is 0 Å². The number of likely N-dealkylation sites (tertiary alicyclic amines) is 1. The number of amides is 1. The number of fused-ring (bicyclic) bond motifs is 1. The van der Waals surface area contributed by atoms with E-state index in [1.54, 1.807) is 13.2 Å². The number of aromatic nitrogens is 1. The van der Waals surface area contributed by atoms with Crippen LogP contribution < -0.4 is 0 Å². The molecule has 0 radical (unpaired) electrons. The molecule has 2 atom stereocenters. The molecule has 2 heterocycles. The predicted molar refractivity (Wildman–Crippen MR) is 87.7 cm³/mol. The molecule has 0 bridgehead atoms. The van der Waals surface area contributed by atoms with Gasteiger partial charge in [-0.2, -0.15) is 0 Å². The molecule has 1 aromatic heterocycles. The van der Waals surface area contributed by atoms with Crippen LogP contribution in [0.15, 0.2) is 18.5 Å². The van der Waals surface area contributed by atoms with Crippen LogP contribution >= 0.6 is 0 Å². The van der Waals surface area contributed by atoms with E-state index in [0.717, 1.165) is 13.0 Å². The minimum absolute atomic E-state index is 0.0568. The monoisotopic (exact) mass is 332 g/mol. The lowest BCUT2D eigenvalue weighted by molar-refractivity contribution is -0.107. The van der Waals surface area contributed by atoms with Crippen LogP contribution in [0.4, 0.5) is 0 Å². The molecule has 0 spiro atoms. The van der Waals surface area contributed by atoms with Crippen LogP contribution in [-0.2, 0) is 9.47 Å². The van der Waals surface area contributed by atoms with Crippen LogP contribution in [0, 0.1) is 16.7 Å². The second-order valence-corrected chi connectivity index (χ2v) is 7.65. The number of carbonyl (C=O) groups is 2. The first-order valence-corrected chi connectivity index (χ1v) is 8.14. The number of methoxy groups -OCH3 is 2. The molecule has 6 heteroatoms. The highest BCUT2D eigenvalue weighted by Crippen LogP contribution is 2.62. The van der Waals surface area contributed by atoms with Gasteiger partial charge in [0.05, 0.1) is 24.8 Å². The number of esters is 1. The summed E-state index contributed by atoms with van der Waals surface area (Å²) in [4.78, 5) is 30.4. The van der Waals surface area contributed by atoms with E-state index in [9.17, 15) is 9.59 Å². The number of nitrogens with zero attached hydrogens (tertiary/aromatic N) is 2. The Morgan fingerprint density at radius 1 is 1.29 bits per heavy atom. The first-order valence-electron chi connectivity index (χ1n) is 8.14. The maximum absolute atomic E-state index is 12.9. The third kappa shape index (κ3) is 2.59. The quantitative estimate of drug-likeness (QED) is 0.789. The maximum Gasteiger partial charge on any atom is 0.339 e. The Morgan fingerprint density at radius 3 is 2.62 bits per heavy atom. The molecule has 2 fully saturated rings. The molecule has 0 unspecified atom stereocenters. The van der Waals surface area contributed by atoms with Gasteiger partial charge in [-0.15, -0.1) is 0 Å². The molecule has 0 N–H and O–H groups in total. The number of hydrogen-bond donors (Lipinski definition) is 0. The van der Waals surface area contributed by atoms with E-state index in [1.165, 1.54) is 19.5 Å². The molecule has 1 saturated carbocycles. The van der Waals surface area contributed by atoms with E-state index in [4.69, 9.17) is 9.47 Å². The third-order valence-electron chi connectivity index (χ3n) is 5.52. The Morgan fingerprint density at radius 2 is 2.00 bits per heavy atom. The highest BCUT2D eigenvalue weighted by molar-refractivity contribution is 5.97. The largest absolute Gasteiger partial charge is 0.465 e. The van der Waals surface area contributed by atoms with Gasteiger partial charge in [-0.25, -0.2) is 4.79 Å². The first-order chi connectivity index (χ1) is 11.3. The van der Waals surface area contributed by atoms with Crippen LogP contribution in [0.1, 0.15) is 41.0 Å². The molecule has 6 nitrogen and oxygen atoms in total. The average Bonchev–Trinajstić information content (AvgIpc) is 2.88. The van der Waals surface area contributed by atoms with Gasteiger partial charge in [-0.05, 0) is 23.8 Å². The fraction of sp³-hybridized carbons (Fsp3) is 0.611. The standard InChI is InChI=1S/C18H24N2O4/c1-17(2)9-18(11-23-3)10-20(8-14(17)18)15(21)12-5-13(7-19-6-12)16(22)24-4/h5-7,14H,8-11H2,1-4H3/t14-,18-/m1/s1. The zero-order valence-electron chi connectivity index (χ0n) is 14.7. The Labute approximate surface area is 142 Å². The van der Waals surface area contributed by atoms with Gasteiger partial charge < -0.3 is 14.4 Å². The fourth-order valence-corrected chi connectivity index (χ4v) is 4.73. The smallest absolute Gasteiger partial charge is 0.339 e. The molecular weight excluding hydrogens is 308 g/mol. The topological polar surface area (TPSA) is 68.7 Å². The van der Waals surface area contributed by atoms with E-state index in [2.05, 4.69) is 18.8 Å². The number of carbonyl (C=O) groups excluding carboxylic acids is 2. The molecule has 1 aliphatic carbocycles. The van der Waals surface area contributed by atoms with Crippen LogP contribution in [0.25, 0.3) is 0 Å². The molecule has 1 aromatic rings. The maximum atomic E-state index is 12.9. The van der Waals surface area contributed by atoms with Crippen molar-refractivity contribution in [2.45, 2.75) is 20.3 Å². The van der Waals surface area contributed by atoms with Crippen molar-refractivity contribution in [3.63, 3.8) is 0 Å². The lowest BCUT2D eigenvalue weighted by atomic mass is 9.48. The lowest BCUT2D eigenvalue weighted by Crippen LogP contribution is -2.55. The summed E-state index contributed by atoms with van der Waals surface area (Å²) in [6.45, 7) is 6.58. The molecule has 130 valence electrons. The minimum atomic E-state index is -0.490. The van der Waals surface area contributed by atoms with Gasteiger partial charge in [-0.3, -0.25) is 9.78 Å². The summed E-state index contributed by atoms with van der Waals surface area (Å²) in [6.07, 6.45) is 3.97.